The fourth-order valence-corrected chi connectivity index (χ4v) is 3.21. The molecule has 3 aromatic rings. The minimum atomic E-state index is -4.45. The zero-order valence-electron chi connectivity index (χ0n) is 14.4. The van der Waals surface area contributed by atoms with Crippen LogP contribution in [0.25, 0.3) is 5.69 Å². The van der Waals surface area contributed by atoms with Crippen LogP contribution >= 0.6 is 15.9 Å². The minimum absolute atomic E-state index is 0.234. The van der Waals surface area contributed by atoms with Gasteiger partial charge in [-0.3, -0.25) is 4.79 Å². The van der Waals surface area contributed by atoms with Crippen LogP contribution in [0.5, 0.6) is 0 Å². The molecule has 27 heavy (non-hydrogen) atoms. The molecule has 3 rings (SSSR count). The molecule has 0 saturated heterocycles. The molecule has 0 unspecified atom stereocenters. The summed E-state index contributed by atoms with van der Waals surface area (Å²) in [6.07, 6.45) is -3.11. The number of anilines is 1. The SMILES string of the molecule is Cc1ccc(NC(=O)c2cnn(-c3cccc(C(F)(F)F)c3)c2C)c(Br)c1. The summed E-state index contributed by atoms with van der Waals surface area (Å²) in [7, 11) is 0. The van der Waals surface area contributed by atoms with E-state index in [4.69, 9.17) is 0 Å². The number of rotatable bonds is 3. The summed E-state index contributed by atoms with van der Waals surface area (Å²) in [6.45, 7) is 3.56. The third kappa shape index (κ3) is 4.05. The van der Waals surface area contributed by atoms with Gasteiger partial charge in [0, 0.05) is 4.47 Å². The topological polar surface area (TPSA) is 46.9 Å². The maximum Gasteiger partial charge on any atom is 0.416 e. The number of nitrogens with one attached hydrogen (secondary N) is 1. The van der Waals surface area contributed by atoms with E-state index in [2.05, 4.69) is 26.3 Å². The van der Waals surface area contributed by atoms with Crippen LogP contribution in [0.2, 0.25) is 0 Å². The first-order valence-corrected chi connectivity index (χ1v) is 8.76. The van der Waals surface area contributed by atoms with Crippen LogP contribution in [0.4, 0.5) is 18.9 Å². The molecular formula is C19H15BrF3N3O. The number of halogens is 4. The van der Waals surface area contributed by atoms with Crippen molar-refractivity contribution >= 4 is 27.5 Å². The first-order chi connectivity index (χ1) is 12.7. The predicted octanol–water partition coefficient (Wildman–Crippen LogP) is 5.52. The minimum Gasteiger partial charge on any atom is -0.321 e. The number of carbonyl (C=O) groups is 1. The van der Waals surface area contributed by atoms with Crippen molar-refractivity contribution in [1.29, 1.82) is 0 Å². The quantitative estimate of drug-likeness (QED) is 0.585. The lowest BCUT2D eigenvalue weighted by Gasteiger charge is -2.11. The van der Waals surface area contributed by atoms with Gasteiger partial charge in [-0.05, 0) is 65.7 Å². The molecule has 0 aliphatic carbocycles. The standard InChI is InChI=1S/C19H15BrF3N3O/c1-11-6-7-17(16(20)8-11)25-18(27)15-10-24-26(12(15)2)14-5-3-4-13(9-14)19(21,22)23/h3-10H,1-2H3,(H,25,27). The lowest BCUT2D eigenvalue weighted by molar-refractivity contribution is -0.137. The molecule has 8 heteroatoms. The molecule has 1 N–H and O–H groups in total. The highest BCUT2D eigenvalue weighted by atomic mass is 79.9. The number of aromatic nitrogens is 2. The second-order valence-electron chi connectivity index (χ2n) is 6.04. The number of nitrogens with zero attached hydrogens (tertiary/aromatic N) is 2. The number of benzene rings is 2. The van der Waals surface area contributed by atoms with E-state index in [1.165, 1.54) is 23.0 Å². The van der Waals surface area contributed by atoms with Gasteiger partial charge in [0.15, 0.2) is 0 Å². The Hall–Kier alpha value is -2.61. The predicted molar refractivity (Wildman–Crippen MR) is 100 cm³/mol. The molecule has 2 aromatic carbocycles. The fraction of sp³-hybridized carbons (Fsp3) is 0.158. The van der Waals surface area contributed by atoms with Gasteiger partial charge in [-0.15, -0.1) is 0 Å². The normalized spacial score (nSPS) is 11.5. The molecule has 0 aliphatic rings. The lowest BCUT2D eigenvalue weighted by Crippen LogP contribution is -2.13. The monoisotopic (exact) mass is 437 g/mol. The Kier molecular flexibility index (Phi) is 5.10. The zero-order valence-corrected chi connectivity index (χ0v) is 16.0. The first-order valence-electron chi connectivity index (χ1n) is 7.96. The summed E-state index contributed by atoms with van der Waals surface area (Å²) in [4.78, 5) is 12.6. The van der Waals surface area contributed by atoms with Crippen LogP contribution in [0.3, 0.4) is 0 Å². The van der Waals surface area contributed by atoms with E-state index in [9.17, 15) is 18.0 Å². The van der Waals surface area contributed by atoms with E-state index >= 15 is 0 Å². The van der Waals surface area contributed by atoms with E-state index in [0.29, 0.717) is 11.4 Å². The number of hydrogen-bond acceptors (Lipinski definition) is 2. The molecular weight excluding hydrogens is 423 g/mol. The summed E-state index contributed by atoms with van der Waals surface area (Å²) >= 11 is 3.39. The van der Waals surface area contributed by atoms with Gasteiger partial charge < -0.3 is 5.32 Å². The summed E-state index contributed by atoms with van der Waals surface area (Å²) in [5, 5.41) is 6.86. The van der Waals surface area contributed by atoms with Crippen molar-refractivity contribution in [3.63, 3.8) is 0 Å². The fourth-order valence-electron chi connectivity index (χ4n) is 2.62. The molecule has 0 spiro atoms. The van der Waals surface area contributed by atoms with Crippen LogP contribution in [0.1, 0.15) is 27.2 Å². The largest absolute Gasteiger partial charge is 0.416 e. The van der Waals surface area contributed by atoms with E-state index in [1.54, 1.807) is 13.0 Å². The molecule has 0 bridgehead atoms. The molecule has 1 heterocycles. The molecule has 0 radical (unpaired) electrons. The Labute approximate surface area is 162 Å². The van der Waals surface area contributed by atoms with Crippen molar-refractivity contribution < 1.29 is 18.0 Å². The van der Waals surface area contributed by atoms with Crippen LogP contribution in [0, 0.1) is 13.8 Å². The Morgan fingerprint density at radius 2 is 1.89 bits per heavy atom. The molecule has 1 amide bonds. The van der Waals surface area contributed by atoms with Crippen LogP contribution < -0.4 is 5.32 Å². The third-order valence-electron chi connectivity index (χ3n) is 4.05. The Morgan fingerprint density at radius 3 is 2.56 bits per heavy atom. The van der Waals surface area contributed by atoms with Gasteiger partial charge >= 0.3 is 6.18 Å². The van der Waals surface area contributed by atoms with Crippen molar-refractivity contribution in [2.24, 2.45) is 0 Å². The van der Waals surface area contributed by atoms with Crippen LogP contribution in [0.15, 0.2) is 53.1 Å². The van der Waals surface area contributed by atoms with Gasteiger partial charge in [-0.1, -0.05) is 12.1 Å². The maximum absolute atomic E-state index is 12.9. The number of carbonyl (C=O) groups excluding carboxylic acids is 1. The van der Waals surface area contributed by atoms with Crippen molar-refractivity contribution in [3.05, 3.63) is 75.5 Å². The van der Waals surface area contributed by atoms with E-state index in [0.717, 1.165) is 22.2 Å². The molecule has 0 atom stereocenters. The highest BCUT2D eigenvalue weighted by Crippen LogP contribution is 2.31. The Bertz CT molecular complexity index is 1010. The Morgan fingerprint density at radius 1 is 1.15 bits per heavy atom. The molecule has 0 aliphatic heterocycles. The number of hydrogen-bond donors (Lipinski definition) is 1. The van der Waals surface area contributed by atoms with Gasteiger partial charge in [0.25, 0.3) is 5.91 Å². The molecule has 140 valence electrons. The number of alkyl halides is 3. The molecule has 0 saturated carbocycles. The van der Waals surface area contributed by atoms with Gasteiger partial charge in [0.2, 0.25) is 0 Å². The summed E-state index contributed by atoms with van der Waals surface area (Å²) < 4.78 is 40.8. The smallest absolute Gasteiger partial charge is 0.321 e. The van der Waals surface area contributed by atoms with Crippen molar-refractivity contribution in [2.75, 3.05) is 5.32 Å². The van der Waals surface area contributed by atoms with E-state index < -0.39 is 17.6 Å². The highest BCUT2D eigenvalue weighted by molar-refractivity contribution is 9.10. The van der Waals surface area contributed by atoms with Gasteiger partial charge in [0.05, 0.1) is 34.4 Å². The second-order valence-corrected chi connectivity index (χ2v) is 6.90. The summed E-state index contributed by atoms with van der Waals surface area (Å²) in [6, 6.07) is 10.3. The van der Waals surface area contributed by atoms with E-state index in [-0.39, 0.29) is 11.3 Å². The van der Waals surface area contributed by atoms with Crippen molar-refractivity contribution in [1.82, 2.24) is 9.78 Å². The highest BCUT2D eigenvalue weighted by Gasteiger charge is 2.30. The van der Waals surface area contributed by atoms with Crippen LogP contribution in [-0.4, -0.2) is 15.7 Å². The van der Waals surface area contributed by atoms with Crippen molar-refractivity contribution in [3.8, 4) is 5.69 Å². The van der Waals surface area contributed by atoms with Gasteiger partial charge in [-0.25, -0.2) is 4.68 Å². The first kappa shape index (κ1) is 19.2. The molecule has 1 aromatic heterocycles. The second kappa shape index (κ2) is 7.19. The summed E-state index contributed by atoms with van der Waals surface area (Å²) in [5.74, 6) is -0.393. The van der Waals surface area contributed by atoms with Crippen LogP contribution in [-0.2, 0) is 6.18 Å². The molecule has 4 nitrogen and oxygen atoms in total. The zero-order chi connectivity index (χ0) is 19.8. The average Bonchev–Trinajstić information content (AvgIpc) is 2.98. The number of amides is 1. The number of aryl methyl sites for hydroxylation is 1. The lowest BCUT2D eigenvalue weighted by atomic mass is 10.2. The average molecular weight is 438 g/mol. The summed E-state index contributed by atoms with van der Waals surface area (Å²) in [5.41, 5.74) is 1.81. The third-order valence-corrected chi connectivity index (χ3v) is 4.70. The molecule has 0 fully saturated rings. The van der Waals surface area contributed by atoms with E-state index in [1.807, 2.05) is 19.1 Å². The maximum atomic E-state index is 12.9. The van der Waals surface area contributed by atoms with Gasteiger partial charge in [-0.2, -0.15) is 18.3 Å². The van der Waals surface area contributed by atoms with Gasteiger partial charge in [0.1, 0.15) is 0 Å². The Balaban J connectivity index is 1.90. The van der Waals surface area contributed by atoms with Crippen molar-refractivity contribution in [2.45, 2.75) is 20.0 Å².